The highest BCUT2D eigenvalue weighted by molar-refractivity contribution is 6.06. The van der Waals surface area contributed by atoms with Crippen molar-refractivity contribution in [1.29, 1.82) is 0 Å². The molecule has 0 radical (unpaired) electrons. The Balaban J connectivity index is 2.22. The minimum absolute atomic E-state index is 0.188. The van der Waals surface area contributed by atoms with E-state index >= 15 is 0 Å². The zero-order valence-corrected chi connectivity index (χ0v) is 10.8. The summed E-state index contributed by atoms with van der Waals surface area (Å²) in [4.78, 5) is 15.1. The van der Waals surface area contributed by atoms with Crippen LogP contribution in [-0.4, -0.2) is 16.6 Å². The molecule has 0 aliphatic rings. The largest absolute Gasteiger partial charge is 0.360 e. The lowest BCUT2D eigenvalue weighted by atomic mass is 10.1. The molecule has 2 aromatic rings. The molecule has 4 nitrogen and oxygen atoms in total. The first kappa shape index (κ1) is 12.4. The van der Waals surface area contributed by atoms with Crippen molar-refractivity contribution in [1.82, 2.24) is 10.4 Å². The number of carbonyl (C=O) groups excluding carboxylic acids is 1. The van der Waals surface area contributed by atoms with Crippen LogP contribution in [-0.2, 0) is 0 Å². The van der Waals surface area contributed by atoms with Crippen LogP contribution in [0.3, 0.4) is 0 Å². The topological polar surface area (TPSA) is 57.2 Å². The lowest BCUT2D eigenvalue weighted by Crippen LogP contribution is -2.20. The van der Waals surface area contributed by atoms with E-state index in [2.05, 4.69) is 15.5 Å². The quantitative estimate of drug-likeness (QED) is 0.632. The van der Waals surface area contributed by atoms with Gasteiger partial charge in [0, 0.05) is 22.8 Å². The van der Waals surface area contributed by atoms with Crippen molar-refractivity contribution in [2.75, 3.05) is 0 Å². The van der Waals surface area contributed by atoms with Crippen molar-refractivity contribution in [3.63, 3.8) is 0 Å². The number of hydrazone groups is 1. The Bertz CT molecular complexity index is 596. The number of hydrogen-bond donors (Lipinski definition) is 2. The summed E-state index contributed by atoms with van der Waals surface area (Å²) in [6.45, 7) is 5.98. The van der Waals surface area contributed by atoms with Crippen LogP contribution >= 0.6 is 0 Å². The van der Waals surface area contributed by atoms with Crippen LogP contribution in [0.25, 0.3) is 10.9 Å². The average Bonchev–Trinajstić information content (AvgIpc) is 2.79. The Morgan fingerprint density at radius 1 is 1.33 bits per heavy atom. The van der Waals surface area contributed by atoms with E-state index in [0.29, 0.717) is 11.5 Å². The lowest BCUT2D eigenvalue weighted by Gasteiger charge is -2.04. The van der Waals surface area contributed by atoms with Crippen LogP contribution in [0.4, 0.5) is 0 Å². The van der Waals surface area contributed by atoms with Crippen molar-refractivity contribution >= 4 is 22.5 Å². The van der Waals surface area contributed by atoms with Gasteiger partial charge in [-0.05, 0) is 18.9 Å². The lowest BCUT2D eigenvalue weighted by molar-refractivity contribution is 0.0956. The molecular formula is C14H17N3O. The summed E-state index contributed by atoms with van der Waals surface area (Å²) in [5.74, 6) is 0.140. The Kier molecular flexibility index (Phi) is 3.46. The number of nitrogens with zero attached hydrogens (tertiary/aromatic N) is 1. The molecular weight excluding hydrogens is 226 g/mol. The second kappa shape index (κ2) is 5.04. The predicted octanol–water partition coefficient (Wildman–Crippen LogP) is 2.93. The third-order valence-electron chi connectivity index (χ3n) is 3.00. The van der Waals surface area contributed by atoms with Crippen LogP contribution in [0.1, 0.15) is 31.1 Å². The minimum Gasteiger partial charge on any atom is -0.360 e. The van der Waals surface area contributed by atoms with E-state index in [9.17, 15) is 4.79 Å². The molecule has 94 valence electrons. The van der Waals surface area contributed by atoms with Gasteiger partial charge in [-0.15, -0.1) is 0 Å². The van der Waals surface area contributed by atoms with Gasteiger partial charge in [0.15, 0.2) is 0 Å². The monoisotopic (exact) mass is 243 g/mol. The number of hydrogen-bond acceptors (Lipinski definition) is 2. The summed E-state index contributed by atoms with van der Waals surface area (Å²) in [6.07, 6.45) is 1.71. The molecule has 2 rings (SSSR count). The maximum atomic E-state index is 12.0. The summed E-state index contributed by atoms with van der Waals surface area (Å²) in [6, 6.07) is 7.70. The molecule has 0 aliphatic heterocycles. The molecule has 0 saturated carbocycles. The van der Waals surface area contributed by atoms with Gasteiger partial charge in [-0.3, -0.25) is 4.79 Å². The van der Waals surface area contributed by atoms with Gasteiger partial charge < -0.3 is 4.98 Å². The maximum Gasteiger partial charge on any atom is 0.273 e. The summed E-state index contributed by atoms with van der Waals surface area (Å²) >= 11 is 0. The molecule has 1 aromatic heterocycles. The van der Waals surface area contributed by atoms with Crippen molar-refractivity contribution in [3.8, 4) is 0 Å². The highest BCUT2D eigenvalue weighted by atomic mass is 16.2. The van der Waals surface area contributed by atoms with Gasteiger partial charge >= 0.3 is 0 Å². The second-order valence-corrected chi connectivity index (χ2v) is 4.60. The van der Waals surface area contributed by atoms with Crippen LogP contribution in [0.2, 0.25) is 0 Å². The first-order chi connectivity index (χ1) is 8.59. The number of benzene rings is 1. The summed E-state index contributed by atoms with van der Waals surface area (Å²) < 4.78 is 0. The third-order valence-corrected chi connectivity index (χ3v) is 3.00. The average molecular weight is 243 g/mol. The smallest absolute Gasteiger partial charge is 0.273 e. The Morgan fingerprint density at radius 3 is 2.78 bits per heavy atom. The number of amides is 1. The summed E-state index contributed by atoms with van der Waals surface area (Å²) in [5, 5.41) is 5.00. The first-order valence-corrected chi connectivity index (χ1v) is 6.00. The van der Waals surface area contributed by atoms with Crippen molar-refractivity contribution in [3.05, 3.63) is 36.0 Å². The van der Waals surface area contributed by atoms with Gasteiger partial charge in [0.1, 0.15) is 0 Å². The van der Waals surface area contributed by atoms with Crippen LogP contribution in [0, 0.1) is 5.92 Å². The zero-order valence-electron chi connectivity index (χ0n) is 10.8. The van der Waals surface area contributed by atoms with Gasteiger partial charge in [0.05, 0.1) is 5.56 Å². The fourth-order valence-corrected chi connectivity index (χ4v) is 1.59. The SMILES string of the molecule is C/C(=N\NC(=O)c1c[nH]c2ccccc12)C(C)C. The number of fused-ring (bicyclic) bond motifs is 1. The molecule has 2 N–H and O–H groups in total. The van der Waals surface area contributed by atoms with Gasteiger partial charge in [0.25, 0.3) is 5.91 Å². The van der Waals surface area contributed by atoms with E-state index in [-0.39, 0.29) is 5.91 Å². The minimum atomic E-state index is -0.188. The van der Waals surface area contributed by atoms with E-state index in [1.165, 1.54) is 0 Å². The molecule has 0 atom stereocenters. The Morgan fingerprint density at radius 2 is 2.06 bits per heavy atom. The highest BCUT2D eigenvalue weighted by Gasteiger charge is 2.11. The Labute approximate surface area is 106 Å². The molecule has 4 heteroatoms. The molecule has 1 amide bonds. The normalized spacial score (nSPS) is 12.1. The van der Waals surface area contributed by atoms with Gasteiger partial charge in [-0.2, -0.15) is 5.10 Å². The fraction of sp³-hybridized carbons (Fsp3) is 0.286. The molecule has 0 fully saturated rings. The summed E-state index contributed by atoms with van der Waals surface area (Å²) in [7, 11) is 0. The van der Waals surface area contributed by atoms with Crippen LogP contribution < -0.4 is 5.43 Å². The van der Waals surface area contributed by atoms with Crippen molar-refractivity contribution in [2.45, 2.75) is 20.8 Å². The number of carbonyl (C=O) groups is 1. The van der Waals surface area contributed by atoms with Crippen LogP contribution in [0.5, 0.6) is 0 Å². The molecule has 0 spiro atoms. The molecule has 1 aromatic carbocycles. The van der Waals surface area contributed by atoms with Gasteiger partial charge in [0.2, 0.25) is 0 Å². The zero-order chi connectivity index (χ0) is 13.1. The number of para-hydroxylation sites is 1. The number of aromatic amines is 1. The molecule has 0 unspecified atom stereocenters. The van der Waals surface area contributed by atoms with E-state index in [0.717, 1.165) is 16.6 Å². The van der Waals surface area contributed by atoms with Gasteiger partial charge in [-0.25, -0.2) is 5.43 Å². The predicted molar refractivity (Wildman–Crippen MR) is 73.7 cm³/mol. The molecule has 0 saturated heterocycles. The Hall–Kier alpha value is -2.10. The van der Waals surface area contributed by atoms with Gasteiger partial charge in [-0.1, -0.05) is 32.0 Å². The van der Waals surface area contributed by atoms with E-state index < -0.39 is 0 Å². The molecule has 0 aliphatic carbocycles. The number of aromatic nitrogens is 1. The number of rotatable bonds is 3. The fourth-order valence-electron chi connectivity index (χ4n) is 1.59. The van der Waals surface area contributed by atoms with E-state index in [1.807, 2.05) is 45.0 Å². The third kappa shape index (κ3) is 2.42. The summed E-state index contributed by atoms with van der Waals surface area (Å²) in [5.41, 5.74) is 5.06. The molecule has 18 heavy (non-hydrogen) atoms. The molecule has 1 heterocycles. The maximum absolute atomic E-state index is 12.0. The van der Waals surface area contributed by atoms with Crippen LogP contribution in [0.15, 0.2) is 35.6 Å². The van der Waals surface area contributed by atoms with E-state index in [4.69, 9.17) is 0 Å². The van der Waals surface area contributed by atoms with Crippen molar-refractivity contribution in [2.24, 2.45) is 11.0 Å². The highest BCUT2D eigenvalue weighted by Crippen LogP contribution is 2.17. The van der Waals surface area contributed by atoms with E-state index in [1.54, 1.807) is 6.20 Å². The van der Waals surface area contributed by atoms with Crippen molar-refractivity contribution < 1.29 is 4.79 Å². The number of H-pyrrole nitrogens is 1. The second-order valence-electron chi connectivity index (χ2n) is 4.60. The first-order valence-electron chi connectivity index (χ1n) is 6.00. The standard InChI is InChI=1S/C14H17N3O/c1-9(2)10(3)16-17-14(18)12-8-15-13-7-5-4-6-11(12)13/h4-9,15H,1-3H3,(H,17,18)/b16-10+. The number of nitrogens with one attached hydrogen (secondary N) is 2. The molecule has 0 bridgehead atoms.